The molecule has 4 nitrogen and oxygen atoms in total. The molecule has 0 aliphatic heterocycles. The molecule has 2 aromatic rings. The van der Waals surface area contributed by atoms with Crippen molar-refractivity contribution >= 4 is 12.0 Å². The van der Waals surface area contributed by atoms with Crippen LogP contribution in [0, 0.1) is 0 Å². The Labute approximate surface area is 161 Å². The number of methoxy groups -OCH3 is 1. The van der Waals surface area contributed by atoms with Gasteiger partial charge in [0, 0.05) is 25.2 Å². The van der Waals surface area contributed by atoms with Crippen molar-refractivity contribution in [2.45, 2.75) is 25.3 Å². The molecule has 0 heterocycles. The van der Waals surface area contributed by atoms with Crippen LogP contribution in [-0.2, 0) is 22.4 Å². The molecule has 0 bridgehead atoms. The van der Waals surface area contributed by atoms with Crippen LogP contribution in [-0.4, -0.2) is 42.8 Å². The molecule has 0 saturated heterocycles. The van der Waals surface area contributed by atoms with Crippen LogP contribution in [0.15, 0.2) is 54.6 Å². The maximum atomic E-state index is 11.3. The first kappa shape index (κ1) is 19.3. The van der Waals surface area contributed by atoms with E-state index >= 15 is 0 Å². The Kier molecular flexibility index (Phi) is 6.80. The summed E-state index contributed by atoms with van der Waals surface area (Å²) in [5.41, 5.74) is 5.00. The molecule has 0 radical (unpaired) electrons. The molecule has 142 valence electrons. The first-order chi connectivity index (χ1) is 13.2. The first-order valence-electron chi connectivity index (χ1n) is 9.49. The minimum Gasteiger partial charge on any atom is -0.466 e. The second-order valence-corrected chi connectivity index (χ2v) is 6.86. The Morgan fingerprint density at radius 2 is 2.04 bits per heavy atom. The van der Waals surface area contributed by atoms with Crippen LogP contribution >= 0.6 is 0 Å². The highest BCUT2D eigenvalue weighted by atomic mass is 16.5. The number of hydrogen-bond donors (Lipinski definition) is 1. The maximum Gasteiger partial charge on any atom is 0.330 e. The number of aliphatic hydroxyl groups excluding tert-OH is 1. The molecule has 27 heavy (non-hydrogen) atoms. The smallest absolute Gasteiger partial charge is 0.330 e. The summed E-state index contributed by atoms with van der Waals surface area (Å²) in [4.78, 5) is 13.7. The lowest BCUT2D eigenvalue weighted by atomic mass is 10.0. The van der Waals surface area contributed by atoms with Crippen molar-refractivity contribution in [1.82, 2.24) is 4.90 Å². The van der Waals surface area contributed by atoms with E-state index in [-0.39, 0.29) is 12.6 Å². The summed E-state index contributed by atoms with van der Waals surface area (Å²) in [7, 11) is 1.38. The Bertz CT molecular complexity index is 785. The summed E-state index contributed by atoms with van der Waals surface area (Å²) in [6.07, 6.45) is 6.31. The molecule has 0 saturated carbocycles. The van der Waals surface area contributed by atoms with Crippen LogP contribution in [0.3, 0.4) is 0 Å². The number of nitrogens with zero attached hydrogens (tertiary/aromatic N) is 1. The number of aryl methyl sites for hydroxylation is 1. The van der Waals surface area contributed by atoms with Crippen LogP contribution in [0.4, 0.5) is 0 Å². The average molecular weight is 365 g/mol. The number of carbonyl (C=O) groups excluding carboxylic acids is 1. The van der Waals surface area contributed by atoms with Gasteiger partial charge in [-0.15, -0.1) is 0 Å². The summed E-state index contributed by atoms with van der Waals surface area (Å²) < 4.78 is 4.65. The number of hydrogen-bond acceptors (Lipinski definition) is 4. The van der Waals surface area contributed by atoms with Gasteiger partial charge < -0.3 is 9.84 Å². The number of rotatable bonds is 8. The molecule has 1 aliphatic carbocycles. The van der Waals surface area contributed by atoms with Crippen molar-refractivity contribution in [3.05, 3.63) is 76.9 Å². The number of aliphatic hydroxyl groups is 1. The van der Waals surface area contributed by atoms with Gasteiger partial charge in [-0.05, 0) is 47.6 Å². The second-order valence-electron chi connectivity index (χ2n) is 6.86. The number of fused-ring (bicyclic) bond motifs is 1. The molecule has 0 spiro atoms. The largest absolute Gasteiger partial charge is 0.466 e. The fourth-order valence-electron chi connectivity index (χ4n) is 3.80. The van der Waals surface area contributed by atoms with Crippen molar-refractivity contribution in [3.63, 3.8) is 0 Å². The molecule has 0 amide bonds. The summed E-state index contributed by atoms with van der Waals surface area (Å²) in [5, 5.41) is 9.54. The molecular formula is C23H27NO3. The van der Waals surface area contributed by atoms with Crippen LogP contribution in [0.5, 0.6) is 0 Å². The zero-order valence-electron chi connectivity index (χ0n) is 15.8. The molecule has 1 N–H and O–H groups in total. The minimum absolute atomic E-state index is 0.167. The third kappa shape index (κ3) is 5.06. The Morgan fingerprint density at radius 1 is 1.22 bits per heavy atom. The van der Waals surface area contributed by atoms with Crippen LogP contribution in [0.2, 0.25) is 0 Å². The number of benzene rings is 2. The van der Waals surface area contributed by atoms with E-state index in [2.05, 4.69) is 46.0 Å². The highest BCUT2D eigenvalue weighted by Gasteiger charge is 2.27. The van der Waals surface area contributed by atoms with Gasteiger partial charge in [-0.2, -0.15) is 0 Å². The molecular weight excluding hydrogens is 338 g/mol. The monoisotopic (exact) mass is 365 g/mol. The molecule has 1 aliphatic rings. The lowest BCUT2D eigenvalue weighted by Crippen LogP contribution is -2.32. The molecule has 2 aromatic carbocycles. The molecule has 3 rings (SSSR count). The predicted octanol–water partition coefficient (Wildman–Crippen LogP) is 3.40. The van der Waals surface area contributed by atoms with E-state index in [9.17, 15) is 9.90 Å². The molecule has 0 fully saturated rings. The van der Waals surface area contributed by atoms with Crippen LogP contribution < -0.4 is 0 Å². The van der Waals surface area contributed by atoms with E-state index < -0.39 is 0 Å². The van der Waals surface area contributed by atoms with Crippen molar-refractivity contribution in [3.8, 4) is 0 Å². The Morgan fingerprint density at radius 3 is 2.78 bits per heavy atom. The summed E-state index contributed by atoms with van der Waals surface area (Å²) >= 11 is 0. The van der Waals surface area contributed by atoms with E-state index in [4.69, 9.17) is 0 Å². The van der Waals surface area contributed by atoms with E-state index in [1.165, 1.54) is 29.9 Å². The van der Waals surface area contributed by atoms with Gasteiger partial charge in [-0.25, -0.2) is 4.79 Å². The zero-order chi connectivity index (χ0) is 19.1. The molecule has 4 heteroatoms. The number of carbonyl (C=O) groups is 1. The second kappa shape index (κ2) is 9.49. The molecule has 0 aromatic heterocycles. The van der Waals surface area contributed by atoms with Gasteiger partial charge in [0.25, 0.3) is 0 Å². The van der Waals surface area contributed by atoms with Gasteiger partial charge in [0.15, 0.2) is 0 Å². The van der Waals surface area contributed by atoms with E-state index in [1.54, 1.807) is 6.08 Å². The normalized spacial score (nSPS) is 16.0. The quantitative estimate of drug-likeness (QED) is 0.575. The third-order valence-electron chi connectivity index (χ3n) is 5.18. The topological polar surface area (TPSA) is 49.8 Å². The standard InChI is InChI=1S/C23H27NO3/c1-27-23(26)12-8-19-7-10-21-20(17-19)9-11-22(21)24(15-16-25)14-13-18-5-3-2-4-6-18/h2-8,10,12,17,22,25H,9,11,13-16H2,1H3. The van der Waals surface area contributed by atoms with Gasteiger partial charge in [-0.3, -0.25) is 4.90 Å². The Hall–Kier alpha value is -2.43. The van der Waals surface area contributed by atoms with Gasteiger partial charge >= 0.3 is 5.97 Å². The highest BCUT2D eigenvalue weighted by Crippen LogP contribution is 2.36. The number of ether oxygens (including phenoxy) is 1. The third-order valence-corrected chi connectivity index (χ3v) is 5.18. The maximum absolute atomic E-state index is 11.3. The SMILES string of the molecule is COC(=O)C=Cc1ccc2c(c1)CCC2N(CCO)CCc1ccccc1. The lowest BCUT2D eigenvalue weighted by molar-refractivity contribution is -0.134. The first-order valence-corrected chi connectivity index (χ1v) is 9.49. The van der Waals surface area contributed by atoms with Crippen molar-refractivity contribution in [2.75, 3.05) is 26.8 Å². The van der Waals surface area contributed by atoms with E-state index in [1.807, 2.05) is 12.1 Å². The molecule has 1 unspecified atom stereocenters. The average Bonchev–Trinajstić information content (AvgIpc) is 3.13. The Balaban J connectivity index is 1.71. The fourth-order valence-corrected chi connectivity index (χ4v) is 3.80. The summed E-state index contributed by atoms with van der Waals surface area (Å²) in [6.45, 7) is 1.78. The van der Waals surface area contributed by atoms with Crippen molar-refractivity contribution < 1.29 is 14.6 Å². The van der Waals surface area contributed by atoms with E-state index in [0.29, 0.717) is 12.6 Å². The zero-order valence-corrected chi connectivity index (χ0v) is 15.8. The minimum atomic E-state index is -0.344. The lowest BCUT2D eigenvalue weighted by Gasteiger charge is -2.29. The summed E-state index contributed by atoms with van der Waals surface area (Å²) in [6, 6.07) is 17.2. The highest BCUT2D eigenvalue weighted by molar-refractivity contribution is 5.86. The van der Waals surface area contributed by atoms with Gasteiger partial charge in [0.2, 0.25) is 0 Å². The predicted molar refractivity (Wildman–Crippen MR) is 107 cm³/mol. The van der Waals surface area contributed by atoms with Crippen LogP contribution in [0.25, 0.3) is 6.08 Å². The van der Waals surface area contributed by atoms with E-state index in [0.717, 1.165) is 31.4 Å². The van der Waals surface area contributed by atoms with Crippen LogP contribution in [0.1, 0.15) is 34.7 Å². The molecule has 1 atom stereocenters. The fraction of sp³-hybridized carbons (Fsp3) is 0.348. The van der Waals surface area contributed by atoms with Gasteiger partial charge in [0.05, 0.1) is 13.7 Å². The number of esters is 1. The van der Waals surface area contributed by atoms with Gasteiger partial charge in [0.1, 0.15) is 0 Å². The summed E-state index contributed by atoms with van der Waals surface area (Å²) in [5.74, 6) is -0.344. The van der Waals surface area contributed by atoms with Crippen molar-refractivity contribution in [1.29, 1.82) is 0 Å². The van der Waals surface area contributed by atoms with Gasteiger partial charge in [-0.1, -0.05) is 48.5 Å². The van der Waals surface area contributed by atoms with Crippen molar-refractivity contribution in [2.24, 2.45) is 0 Å².